The van der Waals surface area contributed by atoms with Crippen LogP contribution in [-0.2, 0) is 9.53 Å². The van der Waals surface area contributed by atoms with Crippen LogP contribution in [0.4, 0.5) is 0 Å². The molecule has 0 saturated heterocycles. The minimum Gasteiger partial charge on any atom is -0.454 e. The fourth-order valence-corrected chi connectivity index (χ4v) is 2.40. The number of pyridine rings is 1. The highest BCUT2D eigenvalue weighted by Gasteiger charge is 2.26. The number of nitrogens with one attached hydrogen (secondary N) is 1. The maximum Gasteiger partial charge on any atom is 0.290 e. The molecule has 0 saturated carbocycles. The van der Waals surface area contributed by atoms with Gasteiger partial charge in [0.25, 0.3) is 12.2 Å². The summed E-state index contributed by atoms with van der Waals surface area (Å²) >= 11 is 2.23. The summed E-state index contributed by atoms with van der Waals surface area (Å²) in [6, 6.07) is 7.70. The summed E-state index contributed by atoms with van der Waals surface area (Å²) < 4.78 is 11.8. The number of halogens is 1. The van der Waals surface area contributed by atoms with Crippen molar-refractivity contribution in [1.82, 2.24) is 10.3 Å². The van der Waals surface area contributed by atoms with Gasteiger partial charge >= 0.3 is 0 Å². The highest BCUT2D eigenvalue weighted by Crippen LogP contribution is 2.21. The molecule has 2 rings (SSSR count). The van der Waals surface area contributed by atoms with E-state index in [0.717, 1.165) is 14.5 Å². The van der Waals surface area contributed by atoms with E-state index in [1.807, 2.05) is 24.3 Å². The van der Waals surface area contributed by atoms with Gasteiger partial charge in [0.05, 0.1) is 17.3 Å². The molecule has 2 aromatic rings. The predicted molar refractivity (Wildman–Crippen MR) is 96.9 cm³/mol. The third kappa shape index (κ3) is 4.56. The van der Waals surface area contributed by atoms with Crippen molar-refractivity contribution in [2.75, 3.05) is 7.11 Å². The Kier molecular flexibility index (Phi) is 5.44. The summed E-state index contributed by atoms with van der Waals surface area (Å²) in [5, 5.41) is 3.60. The van der Waals surface area contributed by atoms with Gasteiger partial charge in [-0.1, -0.05) is 5.92 Å². The summed E-state index contributed by atoms with van der Waals surface area (Å²) in [6.07, 6.45) is 5.82. The van der Waals surface area contributed by atoms with E-state index >= 15 is 0 Å². The summed E-state index contributed by atoms with van der Waals surface area (Å²) in [4.78, 5) is 16.5. The van der Waals surface area contributed by atoms with Crippen LogP contribution in [0.25, 0.3) is 10.9 Å². The molecule has 1 atom stereocenters. The van der Waals surface area contributed by atoms with Crippen molar-refractivity contribution in [2.45, 2.75) is 25.7 Å². The number of fused-ring (bicyclic) bond motifs is 1. The second-order valence-corrected chi connectivity index (χ2v) is 6.70. The lowest BCUT2D eigenvalue weighted by Crippen LogP contribution is -2.49. The lowest BCUT2D eigenvalue weighted by atomic mass is 10.1. The molecule has 0 aliphatic carbocycles. The minimum atomic E-state index is -1.11. The van der Waals surface area contributed by atoms with Gasteiger partial charge in [0.2, 0.25) is 0 Å². The molecule has 0 aliphatic heterocycles. The van der Waals surface area contributed by atoms with E-state index in [4.69, 9.17) is 15.9 Å². The largest absolute Gasteiger partial charge is 0.454 e. The highest BCUT2D eigenvalue weighted by atomic mass is 127. The van der Waals surface area contributed by atoms with E-state index in [1.54, 1.807) is 20.0 Å². The monoisotopic (exact) mass is 424 g/mol. The van der Waals surface area contributed by atoms with Crippen molar-refractivity contribution in [3.63, 3.8) is 0 Å². The molecule has 0 fully saturated rings. The summed E-state index contributed by atoms with van der Waals surface area (Å²) in [5.41, 5.74) is 0.0688. The van der Waals surface area contributed by atoms with Crippen LogP contribution in [0.3, 0.4) is 0 Å². The number of carbonyl (C=O) groups is 1. The van der Waals surface area contributed by atoms with E-state index in [9.17, 15) is 4.79 Å². The van der Waals surface area contributed by atoms with Crippen LogP contribution < -0.4 is 10.1 Å². The van der Waals surface area contributed by atoms with E-state index in [1.165, 1.54) is 7.11 Å². The number of hydrogen-bond donors (Lipinski definition) is 1. The Morgan fingerprint density at radius 3 is 2.83 bits per heavy atom. The number of aromatic nitrogens is 1. The molecule has 120 valence electrons. The maximum atomic E-state index is 12.2. The lowest BCUT2D eigenvalue weighted by molar-refractivity contribution is -0.149. The number of amides is 1. The lowest BCUT2D eigenvalue weighted by Gasteiger charge is -2.23. The zero-order valence-electron chi connectivity index (χ0n) is 13.1. The molecular formula is C17H17IN2O3. The number of terminal acetylenes is 1. The average Bonchev–Trinajstić information content (AvgIpc) is 2.51. The molecule has 23 heavy (non-hydrogen) atoms. The predicted octanol–water partition coefficient (Wildman–Crippen LogP) is 2.72. The summed E-state index contributed by atoms with van der Waals surface area (Å²) in [7, 11) is 1.39. The smallest absolute Gasteiger partial charge is 0.290 e. The molecule has 0 radical (unpaired) electrons. The number of nitrogens with zero attached hydrogens (tertiary/aromatic N) is 1. The maximum absolute atomic E-state index is 12.2. The van der Waals surface area contributed by atoms with Gasteiger partial charge in [-0.2, -0.15) is 0 Å². The van der Waals surface area contributed by atoms with Crippen molar-refractivity contribution < 1.29 is 14.3 Å². The Balaban J connectivity index is 2.18. The number of carbonyl (C=O) groups excluding carboxylic acids is 1. The second kappa shape index (κ2) is 7.15. The standard InChI is InChI=1S/C17H17IN2O3/c1-5-17(2,3)20-15(21)16(22-4)23-13-9-11-8-12(18)6-7-14(11)19-10-13/h1,6-10,16H,2-4H3,(H,20,21). The van der Waals surface area contributed by atoms with Crippen LogP contribution in [0, 0.1) is 15.9 Å². The molecule has 1 aromatic carbocycles. The van der Waals surface area contributed by atoms with Gasteiger partial charge < -0.3 is 14.8 Å². The molecule has 1 unspecified atom stereocenters. The molecule has 0 spiro atoms. The zero-order chi connectivity index (χ0) is 17.0. The summed E-state index contributed by atoms with van der Waals surface area (Å²) in [6.45, 7) is 3.44. The fraction of sp³-hybridized carbons (Fsp3) is 0.294. The third-order valence-electron chi connectivity index (χ3n) is 3.09. The Bertz CT molecular complexity index is 768. The van der Waals surface area contributed by atoms with Gasteiger partial charge in [0, 0.05) is 16.1 Å². The van der Waals surface area contributed by atoms with Crippen LogP contribution in [-0.4, -0.2) is 29.8 Å². The number of benzene rings is 1. The van der Waals surface area contributed by atoms with Gasteiger partial charge in [-0.05, 0) is 60.7 Å². The first kappa shape index (κ1) is 17.5. The van der Waals surface area contributed by atoms with Crippen molar-refractivity contribution in [1.29, 1.82) is 0 Å². The van der Waals surface area contributed by atoms with Gasteiger partial charge in [0.15, 0.2) is 0 Å². The van der Waals surface area contributed by atoms with Crippen molar-refractivity contribution >= 4 is 39.4 Å². The van der Waals surface area contributed by atoms with Gasteiger partial charge in [-0.3, -0.25) is 9.78 Å². The molecule has 1 N–H and O–H groups in total. The van der Waals surface area contributed by atoms with Crippen LogP contribution in [0.5, 0.6) is 5.75 Å². The number of methoxy groups -OCH3 is 1. The number of ether oxygens (including phenoxy) is 2. The SMILES string of the molecule is C#CC(C)(C)NC(=O)C(OC)Oc1cnc2ccc(I)cc2c1. The normalized spacial score (nSPS) is 12.5. The number of rotatable bonds is 5. The first-order valence-corrected chi connectivity index (χ1v) is 7.97. The van der Waals surface area contributed by atoms with Gasteiger partial charge in [-0.15, -0.1) is 6.42 Å². The molecule has 1 aromatic heterocycles. The fourth-order valence-electron chi connectivity index (χ4n) is 1.88. The van der Waals surface area contributed by atoms with Gasteiger partial charge in [-0.25, -0.2) is 0 Å². The van der Waals surface area contributed by atoms with Crippen molar-refractivity contribution in [3.05, 3.63) is 34.0 Å². The van der Waals surface area contributed by atoms with Crippen molar-refractivity contribution in [3.8, 4) is 18.1 Å². The topological polar surface area (TPSA) is 60.5 Å². The Morgan fingerprint density at radius 2 is 2.17 bits per heavy atom. The second-order valence-electron chi connectivity index (χ2n) is 5.45. The van der Waals surface area contributed by atoms with Crippen LogP contribution in [0.2, 0.25) is 0 Å². The van der Waals surface area contributed by atoms with Crippen LogP contribution in [0.15, 0.2) is 30.5 Å². The van der Waals surface area contributed by atoms with Crippen molar-refractivity contribution in [2.24, 2.45) is 0 Å². The van der Waals surface area contributed by atoms with E-state index in [2.05, 4.69) is 38.8 Å². The molecule has 0 aliphatic rings. The van der Waals surface area contributed by atoms with Crippen LogP contribution >= 0.6 is 22.6 Å². The Morgan fingerprint density at radius 1 is 1.43 bits per heavy atom. The average molecular weight is 424 g/mol. The minimum absolute atomic E-state index is 0.444. The molecule has 1 amide bonds. The van der Waals surface area contributed by atoms with E-state index in [-0.39, 0.29) is 0 Å². The third-order valence-corrected chi connectivity index (χ3v) is 3.76. The van der Waals surface area contributed by atoms with Gasteiger partial charge in [0.1, 0.15) is 5.75 Å². The number of hydrogen-bond acceptors (Lipinski definition) is 4. The molecule has 6 heteroatoms. The first-order chi connectivity index (χ1) is 10.8. The van der Waals surface area contributed by atoms with E-state index < -0.39 is 17.7 Å². The summed E-state index contributed by atoms with van der Waals surface area (Å²) in [5.74, 6) is 2.49. The zero-order valence-corrected chi connectivity index (χ0v) is 15.2. The van der Waals surface area contributed by atoms with E-state index in [0.29, 0.717) is 5.75 Å². The first-order valence-electron chi connectivity index (χ1n) is 6.89. The van der Waals surface area contributed by atoms with Crippen LogP contribution in [0.1, 0.15) is 13.8 Å². The molecular weight excluding hydrogens is 407 g/mol. The molecule has 5 nitrogen and oxygen atoms in total. The molecule has 0 bridgehead atoms. The molecule has 1 heterocycles. The Labute approximate surface area is 148 Å². The highest BCUT2D eigenvalue weighted by molar-refractivity contribution is 14.1. The quantitative estimate of drug-likeness (QED) is 0.456. The Hall–Kier alpha value is -1.85.